The number of hydrogen-bond acceptors (Lipinski definition) is 5. The molecule has 1 fully saturated rings. The lowest BCUT2D eigenvalue weighted by Gasteiger charge is -1.99. The van der Waals surface area contributed by atoms with Crippen molar-refractivity contribution in [2.75, 3.05) is 0 Å². The monoisotopic (exact) mass is 146 g/mol. The Morgan fingerprint density at radius 1 is 1.40 bits per heavy atom. The van der Waals surface area contributed by atoms with Crippen LogP contribution in [0.15, 0.2) is 0 Å². The number of nitrogens with zero attached hydrogens (tertiary/aromatic N) is 1. The van der Waals surface area contributed by atoms with Crippen molar-refractivity contribution in [2.24, 2.45) is 5.73 Å². The molecule has 0 aromatic carbocycles. The molecular weight excluding hydrogens is 140 g/mol. The van der Waals surface area contributed by atoms with E-state index in [4.69, 9.17) is 16.0 Å². The average molecular weight is 146 g/mol. The minimum Gasteiger partial charge on any atom is -0.381 e. The number of hydrogen-bond donors (Lipinski definition) is 3. The highest BCUT2D eigenvalue weighted by atomic mass is 16.5. The Morgan fingerprint density at radius 3 is 2.00 bits per heavy atom. The number of hydroxylamine groups is 2. The lowest BCUT2D eigenvalue weighted by atomic mass is 10.2. The molecule has 4 N–H and O–H groups in total. The van der Waals surface area contributed by atoms with Crippen molar-refractivity contribution in [3.8, 4) is 0 Å². The third-order valence-corrected chi connectivity index (χ3v) is 1.30. The summed E-state index contributed by atoms with van der Waals surface area (Å²) < 4.78 is 0. The van der Waals surface area contributed by atoms with E-state index in [2.05, 4.69) is 0 Å². The van der Waals surface area contributed by atoms with Crippen LogP contribution < -0.4 is 5.73 Å². The Labute approximate surface area is 55.8 Å². The van der Waals surface area contributed by atoms with Gasteiger partial charge in [0, 0.05) is 0 Å². The molecule has 2 amide bonds. The first-order valence-electron chi connectivity index (χ1n) is 2.56. The van der Waals surface area contributed by atoms with Crippen LogP contribution in [0.2, 0.25) is 0 Å². The summed E-state index contributed by atoms with van der Waals surface area (Å²) in [5.41, 5.74) is 4.98. The highest BCUT2D eigenvalue weighted by Gasteiger charge is 2.44. The molecule has 6 nitrogen and oxygen atoms in total. The highest BCUT2D eigenvalue weighted by molar-refractivity contribution is 6.06. The van der Waals surface area contributed by atoms with Crippen LogP contribution in [-0.4, -0.2) is 39.3 Å². The molecule has 1 aliphatic heterocycles. The number of nitrogens with two attached hydrogens (primary N) is 1. The molecule has 56 valence electrons. The molecule has 1 saturated heterocycles. The third-order valence-electron chi connectivity index (χ3n) is 1.30. The first-order valence-corrected chi connectivity index (χ1v) is 2.56. The lowest BCUT2D eigenvalue weighted by molar-refractivity contribution is -0.173. The van der Waals surface area contributed by atoms with Gasteiger partial charge in [-0.25, -0.2) is 0 Å². The van der Waals surface area contributed by atoms with Crippen molar-refractivity contribution < 1.29 is 19.9 Å². The van der Waals surface area contributed by atoms with Gasteiger partial charge in [-0.2, -0.15) is 5.06 Å². The van der Waals surface area contributed by atoms with Crippen LogP contribution in [-0.2, 0) is 9.59 Å². The van der Waals surface area contributed by atoms with Crippen molar-refractivity contribution in [1.82, 2.24) is 5.06 Å². The molecule has 0 spiro atoms. The number of rotatable bonds is 0. The molecule has 0 aliphatic carbocycles. The molecule has 0 saturated carbocycles. The molecule has 6 heteroatoms. The molecule has 2 atom stereocenters. The average Bonchev–Trinajstić information content (AvgIpc) is 2.07. The minimum atomic E-state index is -1.60. The lowest BCUT2D eigenvalue weighted by Crippen LogP contribution is -2.37. The Hall–Kier alpha value is -0.980. The summed E-state index contributed by atoms with van der Waals surface area (Å²) in [5, 5.41) is 17.0. The van der Waals surface area contributed by atoms with Gasteiger partial charge in [0.15, 0.2) is 6.10 Å². The number of imide groups is 1. The largest absolute Gasteiger partial charge is 0.381 e. The standard InChI is InChI=1S/C4H6N2O4/c5-1-2(7)4(9)6(10)3(1)8/h1-2,7,10H,5H2. The van der Waals surface area contributed by atoms with Crippen molar-refractivity contribution in [3.05, 3.63) is 0 Å². The van der Waals surface area contributed by atoms with Crippen LogP contribution in [0.5, 0.6) is 0 Å². The third kappa shape index (κ3) is 0.703. The summed E-state index contributed by atoms with van der Waals surface area (Å²) in [6.07, 6.45) is -1.60. The van der Waals surface area contributed by atoms with E-state index in [9.17, 15) is 9.59 Å². The van der Waals surface area contributed by atoms with Gasteiger partial charge in [-0.1, -0.05) is 0 Å². The Bertz CT molecular complexity index is 172. The maximum atomic E-state index is 10.5. The molecule has 0 aromatic heterocycles. The minimum absolute atomic E-state index is 0.171. The van der Waals surface area contributed by atoms with E-state index in [1.54, 1.807) is 0 Å². The molecule has 1 rings (SSSR count). The predicted molar refractivity (Wildman–Crippen MR) is 27.6 cm³/mol. The van der Waals surface area contributed by atoms with E-state index < -0.39 is 24.0 Å². The number of carbonyl (C=O) groups is 2. The number of amides is 2. The smallest absolute Gasteiger partial charge is 0.284 e. The van der Waals surface area contributed by atoms with Crippen molar-refractivity contribution >= 4 is 11.8 Å². The van der Waals surface area contributed by atoms with Crippen LogP contribution in [0.1, 0.15) is 0 Å². The van der Waals surface area contributed by atoms with Gasteiger partial charge < -0.3 is 10.8 Å². The van der Waals surface area contributed by atoms with Gasteiger partial charge in [-0.05, 0) is 0 Å². The second-order valence-corrected chi connectivity index (χ2v) is 1.96. The van der Waals surface area contributed by atoms with E-state index >= 15 is 0 Å². The van der Waals surface area contributed by atoms with Crippen LogP contribution >= 0.6 is 0 Å². The molecule has 10 heavy (non-hydrogen) atoms. The molecule has 1 heterocycles. The SMILES string of the molecule is NC1C(=O)N(O)C(=O)C1O. The van der Waals surface area contributed by atoms with Crippen molar-refractivity contribution in [1.29, 1.82) is 0 Å². The van der Waals surface area contributed by atoms with Crippen molar-refractivity contribution in [2.45, 2.75) is 12.1 Å². The van der Waals surface area contributed by atoms with Gasteiger partial charge in [0.25, 0.3) is 11.8 Å². The normalized spacial score (nSPS) is 33.7. The van der Waals surface area contributed by atoms with Gasteiger partial charge in [-0.15, -0.1) is 0 Å². The van der Waals surface area contributed by atoms with E-state index in [-0.39, 0.29) is 5.06 Å². The van der Waals surface area contributed by atoms with Gasteiger partial charge in [0.1, 0.15) is 6.04 Å². The second-order valence-electron chi connectivity index (χ2n) is 1.96. The zero-order valence-electron chi connectivity index (χ0n) is 4.89. The quantitative estimate of drug-likeness (QED) is 0.257. The van der Waals surface area contributed by atoms with Gasteiger partial charge >= 0.3 is 0 Å². The molecule has 0 bridgehead atoms. The number of aliphatic hydroxyl groups excluding tert-OH is 1. The number of carbonyl (C=O) groups excluding carboxylic acids is 2. The van der Waals surface area contributed by atoms with E-state index in [0.29, 0.717) is 0 Å². The molecule has 0 radical (unpaired) electrons. The van der Waals surface area contributed by atoms with Gasteiger partial charge in [0.2, 0.25) is 0 Å². The zero-order chi connectivity index (χ0) is 7.89. The Morgan fingerprint density at radius 2 is 1.90 bits per heavy atom. The van der Waals surface area contributed by atoms with Crippen LogP contribution in [0.3, 0.4) is 0 Å². The summed E-state index contributed by atoms with van der Waals surface area (Å²) in [7, 11) is 0. The highest BCUT2D eigenvalue weighted by Crippen LogP contribution is 2.08. The molecule has 1 aliphatic rings. The van der Waals surface area contributed by atoms with Gasteiger partial charge in [-0.3, -0.25) is 14.8 Å². The maximum Gasteiger partial charge on any atom is 0.284 e. The molecule has 2 unspecified atom stereocenters. The molecule has 0 aromatic rings. The van der Waals surface area contributed by atoms with Gasteiger partial charge in [0.05, 0.1) is 0 Å². The summed E-state index contributed by atoms with van der Waals surface area (Å²) >= 11 is 0. The fourth-order valence-electron chi connectivity index (χ4n) is 0.664. The fourth-order valence-corrected chi connectivity index (χ4v) is 0.664. The Kier molecular flexibility index (Phi) is 1.43. The first-order chi connectivity index (χ1) is 4.55. The fraction of sp³-hybridized carbons (Fsp3) is 0.500. The van der Waals surface area contributed by atoms with Crippen LogP contribution in [0.4, 0.5) is 0 Å². The summed E-state index contributed by atoms with van der Waals surface area (Å²) in [4.78, 5) is 20.9. The maximum absolute atomic E-state index is 10.5. The van der Waals surface area contributed by atoms with E-state index in [0.717, 1.165) is 0 Å². The van der Waals surface area contributed by atoms with Crippen LogP contribution in [0.25, 0.3) is 0 Å². The van der Waals surface area contributed by atoms with Crippen LogP contribution in [0, 0.1) is 0 Å². The van der Waals surface area contributed by atoms with Crippen molar-refractivity contribution in [3.63, 3.8) is 0 Å². The topological polar surface area (TPSA) is 104 Å². The predicted octanol–water partition coefficient (Wildman–Crippen LogP) is -2.57. The van der Waals surface area contributed by atoms with E-state index in [1.165, 1.54) is 0 Å². The summed E-state index contributed by atoms with van der Waals surface area (Å²) in [5.74, 6) is -2.05. The Balaban J connectivity index is 2.89. The zero-order valence-corrected chi connectivity index (χ0v) is 4.89. The van der Waals surface area contributed by atoms with E-state index in [1.807, 2.05) is 0 Å². The second kappa shape index (κ2) is 2.01. The first kappa shape index (κ1) is 7.13. The number of aliphatic hydroxyl groups is 1. The summed E-state index contributed by atoms with van der Waals surface area (Å²) in [6.45, 7) is 0. The molecular formula is C4H6N2O4. The summed E-state index contributed by atoms with van der Waals surface area (Å²) in [6, 6.07) is -1.32.